The van der Waals surface area contributed by atoms with Gasteiger partial charge in [-0.25, -0.2) is 0 Å². The van der Waals surface area contributed by atoms with Crippen LogP contribution in [0, 0.1) is 0 Å². The molecule has 0 amide bonds. The van der Waals surface area contributed by atoms with E-state index >= 15 is 0 Å². The highest BCUT2D eigenvalue weighted by atomic mass is 16.5. The maximum atomic E-state index is 11.6. The van der Waals surface area contributed by atoms with Crippen LogP contribution >= 0.6 is 0 Å². The summed E-state index contributed by atoms with van der Waals surface area (Å²) >= 11 is 0. The molecule has 0 bridgehead atoms. The van der Waals surface area contributed by atoms with Crippen molar-refractivity contribution >= 4 is 5.78 Å². The SMILES string of the molecule is O=C(CCCc1ccccc1)C1=CCCO1. The third kappa shape index (κ3) is 2.96. The van der Waals surface area contributed by atoms with Crippen molar-refractivity contribution in [3.05, 3.63) is 47.7 Å². The van der Waals surface area contributed by atoms with Crippen molar-refractivity contribution in [1.82, 2.24) is 0 Å². The molecule has 1 aliphatic heterocycles. The van der Waals surface area contributed by atoms with Gasteiger partial charge >= 0.3 is 0 Å². The summed E-state index contributed by atoms with van der Waals surface area (Å²) in [6.07, 6.45) is 5.20. The zero-order valence-corrected chi connectivity index (χ0v) is 9.32. The summed E-state index contributed by atoms with van der Waals surface area (Å²) < 4.78 is 5.23. The lowest BCUT2D eigenvalue weighted by Crippen LogP contribution is -2.03. The van der Waals surface area contributed by atoms with E-state index in [1.165, 1.54) is 5.56 Å². The molecule has 0 fully saturated rings. The van der Waals surface area contributed by atoms with Crippen LogP contribution in [0.1, 0.15) is 24.8 Å². The summed E-state index contributed by atoms with van der Waals surface area (Å²) in [7, 11) is 0. The third-order valence-electron chi connectivity index (χ3n) is 2.69. The predicted octanol–water partition coefficient (Wildman–Crippen LogP) is 2.88. The molecular formula is C14H16O2. The Hall–Kier alpha value is -1.57. The molecule has 1 aromatic rings. The molecule has 0 radical (unpaired) electrons. The molecule has 0 saturated carbocycles. The Kier molecular flexibility index (Phi) is 3.76. The lowest BCUT2D eigenvalue weighted by atomic mass is 10.1. The van der Waals surface area contributed by atoms with E-state index in [4.69, 9.17) is 4.74 Å². The van der Waals surface area contributed by atoms with Gasteiger partial charge in [0.15, 0.2) is 11.5 Å². The van der Waals surface area contributed by atoms with E-state index in [0.29, 0.717) is 18.8 Å². The molecule has 0 N–H and O–H groups in total. The van der Waals surface area contributed by atoms with Gasteiger partial charge in [0.2, 0.25) is 0 Å². The Bertz CT molecular complexity index is 379. The first-order valence-corrected chi connectivity index (χ1v) is 5.76. The van der Waals surface area contributed by atoms with Crippen LogP contribution in [-0.2, 0) is 16.0 Å². The Morgan fingerprint density at radius 2 is 2.06 bits per heavy atom. The van der Waals surface area contributed by atoms with Crippen LogP contribution in [-0.4, -0.2) is 12.4 Å². The normalized spacial score (nSPS) is 14.4. The third-order valence-corrected chi connectivity index (χ3v) is 2.69. The minimum absolute atomic E-state index is 0.147. The fourth-order valence-electron chi connectivity index (χ4n) is 1.83. The molecule has 1 aliphatic rings. The van der Waals surface area contributed by atoms with Crippen molar-refractivity contribution in [2.75, 3.05) is 6.61 Å². The molecular weight excluding hydrogens is 200 g/mol. The summed E-state index contributed by atoms with van der Waals surface area (Å²) in [5.74, 6) is 0.724. The number of hydrogen-bond donors (Lipinski definition) is 0. The fraction of sp³-hybridized carbons (Fsp3) is 0.357. The summed E-state index contributed by atoms with van der Waals surface area (Å²) in [5, 5.41) is 0. The standard InChI is InChI=1S/C14H16O2/c15-13(14-10-5-11-16-14)9-4-8-12-6-2-1-3-7-12/h1-3,6-7,10H,4-5,8-9,11H2. The van der Waals surface area contributed by atoms with Crippen LogP contribution in [0.15, 0.2) is 42.2 Å². The zero-order valence-electron chi connectivity index (χ0n) is 9.32. The molecule has 1 aromatic carbocycles. The van der Waals surface area contributed by atoms with Crippen LogP contribution < -0.4 is 0 Å². The molecule has 0 saturated heterocycles. The minimum Gasteiger partial charge on any atom is -0.490 e. The topological polar surface area (TPSA) is 26.3 Å². The van der Waals surface area contributed by atoms with E-state index in [2.05, 4.69) is 12.1 Å². The maximum absolute atomic E-state index is 11.6. The van der Waals surface area contributed by atoms with Gasteiger partial charge in [-0.1, -0.05) is 30.3 Å². The van der Waals surface area contributed by atoms with Crippen molar-refractivity contribution < 1.29 is 9.53 Å². The maximum Gasteiger partial charge on any atom is 0.197 e. The van der Waals surface area contributed by atoms with Gasteiger partial charge in [-0.15, -0.1) is 0 Å². The first-order chi connectivity index (χ1) is 7.86. The molecule has 2 rings (SSSR count). The van der Waals surface area contributed by atoms with E-state index in [-0.39, 0.29) is 5.78 Å². The number of rotatable bonds is 5. The zero-order chi connectivity index (χ0) is 11.2. The van der Waals surface area contributed by atoms with Gasteiger partial charge in [-0.3, -0.25) is 4.79 Å². The quantitative estimate of drug-likeness (QED) is 0.756. The van der Waals surface area contributed by atoms with Gasteiger partial charge in [0, 0.05) is 12.8 Å². The number of carbonyl (C=O) groups is 1. The van der Waals surface area contributed by atoms with Gasteiger partial charge in [-0.05, 0) is 24.5 Å². The number of Topliss-reactive ketones (excluding diaryl/α,β-unsaturated/α-hetero) is 1. The van der Waals surface area contributed by atoms with Crippen LogP contribution in [0.4, 0.5) is 0 Å². The van der Waals surface area contributed by atoms with Crippen molar-refractivity contribution in [2.45, 2.75) is 25.7 Å². The first-order valence-electron chi connectivity index (χ1n) is 5.76. The average Bonchev–Trinajstić information content (AvgIpc) is 2.84. The molecule has 0 unspecified atom stereocenters. The summed E-state index contributed by atoms with van der Waals surface area (Å²) in [5.41, 5.74) is 1.29. The molecule has 0 aromatic heterocycles. The van der Waals surface area contributed by atoms with Gasteiger partial charge in [0.1, 0.15) is 0 Å². The highest BCUT2D eigenvalue weighted by Gasteiger charge is 2.13. The molecule has 2 heteroatoms. The lowest BCUT2D eigenvalue weighted by molar-refractivity contribution is -0.118. The molecule has 1 heterocycles. The lowest BCUT2D eigenvalue weighted by Gasteiger charge is -2.03. The molecule has 0 atom stereocenters. The van der Waals surface area contributed by atoms with E-state index < -0.39 is 0 Å². The van der Waals surface area contributed by atoms with Crippen molar-refractivity contribution in [2.24, 2.45) is 0 Å². The van der Waals surface area contributed by atoms with Crippen molar-refractivity contribution in [1.29, 1.82) is 0 Å². The van der Waals surface area contributed by atoms with Gasteiger partial charge in [0.05, 0.1) is 6.61 Å². The summed E-state index contributed by atoms with van der Waals surface area (Å²) in [6, 6.07) is 10.2. The molecule has 84 valence electrons. The minimum atomic E-state index is 0.147. The molecule has 2 nitrogen and oxygen atoms in total. The smallest absolute Gasteiger partial charge is 0.197 e. The molecule has 16 heavy (non-hydrogen) atoms. The Morgan fingerprint density at radius 3 is 2.75 bits per heavy atom. The van der Waals surface area contributed by atoms with E-state index in [1.54, 1.807) is 0 Å². The van der Waals surface area contributed by atoms with E-state index in [1.807, 2.05) is 24.3 Å². The number of hydrogen-bond acceptors (Lipinski definition) is 2. The number of allylic oxidation sites excluding steroid dienone is 1. The largest absolute Gasteiger partial charge is 0.490 e. The van der Waals surface area contributed by atoms with Gasteiger partial charge in [-0.2, -0.15) is 0 Å². The van der Waals surface area contributed by atoms with Crippen LogP contribution in [0.2, 0.25) is 0 Å². The fourth-order valence-corrected chi connectivity index (χ4v) is 1.83. The van der Waals surface area contributed by atoms with E-state index in [0.717, 1.165) is 19.3 Å². The number of carbonyl (C=O) groups excluding carboxylic acids is 1. The second-order valence-electron chi connectivity index (χ2n) is 3.97. The van der Waals surface area contributed by atoms with Gasteiger partial charge < -0.3 is 4.74 Å². The van der Waals surface area contributed by atoms with Gasteiger partial charge in [0.25, 0.3) is 0 Å². The highest BCUT2D eigenvalue weighted by Crippen LogP contribution is 2.14. The van der Waals surface area contributed by atoms with Crippen LogP contribution in [0.3, 0.4) is 0 Å². The summed E-state index contributed by atoms with van der Waals surface area (Å²) in [4.78, 5) is 11.6. The number of benzene rings is 1. The van der Waals surface area contributed by atoms with Crippen molar-refractivity contribution in [3.8, 4) is 0 Å². The second kappa shape index (κ2) is 5.50. The molecule has 0 aliphatic carbocycles. The Morgan fingerprint density at radius 1 is 1.25 bits per heavy atom. The van der Waals surface area contributed by atoms with E-state index in [9.17, 15) is 4.79 Å². The monoisotopic (exact) mass is 216 g/mol. The van der Waals surface area contributed by atoms with Crippen LogP contribution in [0.5, 0.6) is 0 Å². The summed E-state index contributed by atoms with van der Waals surface area (Å²) in [6.45, 7) is 0.666. The van der Waals surface area contributed by atoms with Crippen LogP contribution in [0.25, 0.3) is 0 Å². The second-order valence-corrected chi connectivity index (χ2v) is 3.97. The number of aryl methyl sites for hydroxylation is 1. The Labute approximate surface area is 95.9 Å². The number of ketones is 1. The average molecular weight is 216 g/mol. The number of ether oxygens (including phenoxy) is 1. The van der Waals surface area contributed by atoms with Crippen molar-refractivity contribution in [3.63, 3.8) is 0 Å². The Balaban J connectivity index is 1.74. The first kappa shape index (κ1) is 10.9. The predicted molar refractivity (Wildman–Crippen MR) is 63.0 cm³/mol. The molecule has 0 spiro atoms. The highest BCUT2D eigenvalue weighted by molar-refractivity contribution is 5.93.